The van der Waals surface area contributed by atoms with Crippen LogP contribution in [-0.4, -0.2) is 35.0 Å². The SMILES string of the molecule is C/C=C/C(C(=O)OC)N1C(=O)c2ccccc2C1O. The van der Waals surface area contributed by atoms with Gasteiger partial charge >= 0.3 is 5.97 Å². The third kappa shape index (κ3) is 2.13. The largest absolute Gasteiger partial charge is 0.467 e. The normalized spacial score (nSPS) is 19.6. The van der Waals surface area contributed by atoms with Gasteiger partial charge in [0.15, 0.2) is 12.3 Å². The third-order valence-electron chi connectivity index (χ3n) is 3.08. The van der Waals surface area contributed by atoms with Crippen LogP contribution in [0.3, 0.4) is 0 Å². The Morgan fingerprint density at radius 3 is 2.74 bits per heavy atom. The molecule has 1 aliphatic rings. The average molecular weight is 261 g/mol. The molecule has 1 N–H and O–H groups in total. The lowest BCUT2D eigenvalue weighted by Gasteiger charge is -2.26. The van der Waals surface area contributed by atoms with E-state index in [1.165, 1.54) is 13.2 Å². The van der Waals surface area contributed by atoms with Crippen LogP contribution in [0.25, 0.3) is 0 Å². The second-order valence-corrected chi connectivity index (χ2v) is 4.17. The van der Waals surface area contributed by atoms with Crippen LogP contribution in [0.2, 0.25) is 0 Å². The molecule has 0 radical (unpaired) electrons. The Kier molecular flexibility index (Phi) is 3.66. The first-order valence-electron chi connectivity index (χ1n) is 5.92. The summed E-state index contributed by atoms with van der Waals surface area (Å²) < 4.78 is 4.68. The Morgan fingerprint density at radius 2 is 2.16 bits per heavy atom. The Labute approximate surface area is 111 Å². The maximum Gasteiger partial charge on any atom is 0.332 e. The zero-order valence-corrected chi connectivity index (χ0v) is 10.7. The number of carbonyl (C=O) groups excluding carboxylic acids is 2. The summed E-state index contributed by atoms with van der Waals surface area (Å²) >= 11 is 0. The van der Waals surface area contributed by atoms with Crippen LogP contribution >= 0.6 is 0 Å². The number of allylic oxidation sites excluding steroid dienone is 1. The molecule has 2 rings (SSSR count). The molecule has 5 nitrogen and oxygen atoms in total. The molecular formula is C14H15NO4. The maximum absolute atomic E-state index is 12.3. The molecule has 0 aliphatic carbocycles. The third-order valence-corrected chi connectivity index (χ3v) is 3.08. The van der Waals surface area contributed by atoms with Crippen molar-refractivity contribution in [2.24, 2.45) is 0 Å². The van der Waals surface area contributed by atoms with Crippen molar-refractivity contribution in [2.75, 3.05) is 7.11 Å². The van der Waals surface area contributed by atoms with Gasteiger partial charge in [0.2, 0.25) is 0 Å². The first kappa shape index (κ1) is 13.3. The van der Waals surface area contributed by atoms with Crippen molar-refractivity contribution < 1.29 is 19.4 Å². The summed E-state index contributed by atoms with van der Waals surface area (Å²) in [5, 5.41) is 10.2. The van der Waals surface area contributed by atoms with Crippen molar-refractivity contribution in [3.05, 3.63) is 47.5 Å². The van der Waals surface area contributed by atoms with Crippen molar-refractivity contribution in [1.29, 1.82) is 0 Å². The van der Waals surface area contributed by atoms with Gasteiger partial charge in [-0.05, 0) is 13.0 Å². The summed E-state index contributed by atoms with van der Waals surface area (Å²) in [7, 11) is 1.25. The van der Waals surface area contributed by atoms with Crippen molar-refractivity contribution in [2.45, 2.75) is 19.2 Å². The summed E-state index contributed by atoms with van der Waals surface area (Å²) in [6, 6.07) is 5.83. The highest BCUT2D eigenvalue weighted by atomic mass is 16.5. The second-order valence-electron chi connectivity index (χ2n) is 4.17. The van der Waals surface area contributed by atoms with Gasteiger partial charge in [-0.25, -0.2) is 4.79 Å². The molecule has 2 unspecified atom stereocenters. The Hall–Kier alpha value is -2.14. The molecule has 100 valence electrons. The Bertz CT molecular complexity index is 538. The van der Waals surface area contributed by atoms with Gasteiger partial charge in [0.1, 0.15) is 0 Å². The number of ether oxygens (including phenoxy) is 1. The number of esters is 1. The van der Waals surface area contributed by atoms with E-state index in [1.807, 2.05) is 0 Å². The highest BCUT2D eigenvalue weighted by Crippen LogP contribution is 2.33. The minimum Gasteiger partial charge on any atom is -0.467 e. The molecule has 0 saturated heterocycles. The topological polar surface area (TPSA) is 66.8 Å². The number of hydrogen-bond donors (Lipinski definition) is 1. The van der Waals surface area contributed by atoms with Crippen LogP contribution in [0, 0.1) is 0 Å². The van der Waals surface area contributed by atoms with Crippen LogP contribution in [0.15, 0.2) is 36.4 Å². The molecule has 0 aromatic heterocycles. The predicted molar refractivity (Wildman–Crippen MR) is 68.2 cm³/mol. The molecule has 1 heterocycles. The van der Waals surface area contributed by atoms with E-state index in [1.54, 1.807) is 37.3 Å². The highest BCUT2D eigenvalue weighted by molar-refractivity contribution is 6.01. The van der Waals surface area contributed by atoms with E-state index in [9.17, 15) is 14.7 Å². The number of aliphatic hydroxyl groups is 1. The van der Waals surface area contributed by atoms with Crippen molar-refractivity contribution in [1.82, 2.24) is 4.90 Å². The molecule has 1 aromatic rings. The van der Waals surface area contributed by atoms with Gasteiger partial charge in [-0.2, -0.15) is 0 Å². The number of benzene rings is 1. The minimum atomic E-state index is -1.14. The zero-order valence-electron chi connectivity index (χ0n) is 10.7. The van der Waals surface area contributed by atoms with Gasteiger partial charge < -0.3 is 9.84 Å². The summed E-state index contributed by atoms with van der Waals surface area (Å²) in [5.74, 6) is -0.963. The summed E-state index contributed by atoms with van der Waals surface area (Å²) in [5.41, 5.74) is 0.916. The second kappa shape index (κ2) is 5.24. The molecule has 0 spiro atoms. The van der Waals surface area contributed by atoms with Crippen LogP contribution in [-0.2, 0) is 9.53 Å². The number of rotatable bonds is 3. The smallest absolute Gasteiger partial charge is 0.332 e. The monoisotopic (exact) mass is 261 g/mol. The van der Waals surface area contributed by atoms with E-state index in [0.29, 0.717) is 11.1 Å². The number of amides is 1. The van der Waals surface area contributed by atoms with Gasteiger partial charge in [0.05, 0.1) is 7.11 Å². The number of fused-ring (bicyclic) bond motifs is 1. The highest BCUT2D eigenvalue weighted by Gasteiger charge is 2.41. The van der Waals surface area contributed by atoms with Crippen molar-refractivity contribution >= 4 is 11.9 Å². The van der Waals surface area contributed by atoms with Gasteiger partial charge in [0.25, 0.3) is 5.91 Å². The van der Waals surface area contributed by atoms with Crippen LogP contribution in [0.1, 0.15) is 29.1 Å². The first-order valence-corrected chi connectivity index (χ1v) is 5.92. The first-order chi connectivity index (χ1) is 9.11. The molecule has 2 atom stereocenters. The number of carbonyl (C=O) groups is 2. The van der Waals surface area contributed by atoms with E-state index >= 15 is 0 Å². The number of hydrogen-bond acceptors (Lipinski definition) is 4. The number of nitrogens with zero attached hydrogens (tertiary/aromatic N) is 1. The summed E-state index contributed by atoms with van der Waals surface area (Å²) in [6.45, 7) is 1.73. The average Bonchev–Trinajstić information content (AvgIpc) is 2.68. The number of methoxy groups -OCH3 is 1. The lowest BCUT2D eigenvalue weighted by Crippen LogP contribution is -2.42. The standard InChI is InChI=1S/C14H15NO4/c1-3-6-11(14(18)19-2)15-12(16)9-7-4-5-8-10(9)13(15)17/h3-8,11-12,16H,1-2H3/b6-3+. The molecule has 0 saturated carbocycles. The van der Waals surface area contributed by atoms with E-state index in [2.05, 4.69) is 4.74 Å². The number of aliphatic hydroxyl groups excluding tert-OH is 1. The van der Waals surface area contributed by atoms with E-state index in [-0.39, 0.29) is 5.91 Å². The molecule has 19 heavy (non-hydrogen) atoms. The molecule has 0 fully saturated rings. The molecule has 0 bridgehead atoms. The molecule has 5 heteroatoms. The maximum atomic E-state index is 12.3. The molecule has 1 aromatic carbocycles. The fourth-order valence-electron chi connectivity index (χ4n) is 2.18. The van der Waals surface area contributed by atoms with Gasteiger partial charge in [-0.3, -0.25) is 9.69 Å². The van der Waals surface area contributed by atoms with Crippen LogP contribution < -0.4 is 0 Å². The fraction of sp³-hybridized carbons (Fsp3) is 0.286. The van der Waals surface area contributed by atoms with Gasteiger partial charge in [0, 0.05) is 11.1 Å². The van der Waals surface area contributed by atoms with Crippen molar-refractivity contribution in [3.8, 4) is 0 Å². The molecular weight excluding hydrogens is 246 g/mol. The van der Waals surface area contributed by atoms with Crippen LogP contribution in [0.5, 0.6) is 0 Å². The van der Waals surface area contributed by atoms with Gasteiger partial charge in [-0.1, -0.05) is 30.4 Å². The van der Waals surface area contributed by atoms with E-state index in [4.69, 9.17) is 0 Å². The lowest BCUT2D eigenvalue weighted by molar-refractivity contribution is -0.147. The van der Waals surface area contributed by atoms with Crippen molar-refractivity contribution in [3.63, 3.8) is 0 Å². The molecule has 1 aliphatic heterocycles. The summed E-state index contributed by atoms with van der Waals surface area (Å²) in [4.78, 5) is 25.1. The van der Waals surface area contributed by atoms with Crippen LogP contribution in [0.4, 0.5) is 0 Å². The Balaban J connectivity index is 2.42. The van der Waals surface area contributed by atoms with E-state index in [0.717, 1.165) is 4.90 Å². The van der Waals surface area contributed by atoms with E-state index < -0.39 is 18.2 Å². The van der Waals surface area contributed by atoms with Gasteiger partial charge in [-0.15, -0.1) is 0 Å². The summed E-state index contributed by atoms with van der Waals surface area (Å²) in [6.07, 6.45) is 2.03. The quantitative estimate of drug-likeness (QED) is 0.657. The lowest BCUT2D eigenvalue weighted by atomic mass is 10.1. The Morgan fingerprint density at radius 1 is 1.47 bits per heavy atom. The fourth-order valence-corrected chi connectivity index (χ4v) is 2.18. The predicted octanol–water partition coefficient (Wildman–Crippen LogP) is 1.25. The minimum absolute atomic E-state index is 0.378. The molecule has 1 amide bonds. The zero-order chi connectivity index (χ0) is 14.0.